The summed E-state index contributed by atoms with van der Waals surface area (Å²) in [5.74, 6) is 0.0428. The Balaban J connectivity index is 1.80. The lowest BCUT2D eigenvalue weighted by atomic mass is 10.2. The molecule has 1 aliphatic carbocycles. The van der Waals surface area contributed by atoms with Crippen LogP contribution in [0.1, 0.15) is 28.9 Å². The molecule has 1 aliphatic rings. The number of hydrogen-bond acceptors (Lipinski definition) is 3. The monoisotopic (exact) mass is 253 g/mol. The van der Waals surface area contributed by atoms with E-state index in [1.807, 2.05) is 29.2 Å². The smallest absolute Gasteiger partial charge is 0.256 e. The van der Waals surface area contributed by atoms with Gasteiger partial charge in [0.05, 0.1) is 17.8 Å². The molecule has 4 nitrogen and oxygen atoms in total. The van der Waals surface area contributed by atoms with Crippen molar-refractivity contribution in [2.75, 3.05) is 0 Å². The fraction of sp³-hybridized carbons (Fsp3) is 0.267. The molecule has 1 amide bonds. The van der Waals surface area contributed by atoms with E-state index in [2.05, 4.69) is 9.97 Å². The first-order valence-corrected chi connectivity index (χ1v) is 6.45. The molecule has 0 aromatic carbocycles. The lowest BCUT2D eigenvalue weighted by Crippen LogP contribution is -2.32. The van der Waals surface area contributed by atoms with Crippen LogP contribution >= 0.6 is 0 Å². The molecule has 0 N–H and O–H groups in total. The Bertz CT molecular complexity index is 552. The highest BCUT2D eigenvalue weighted by Gasteiger charge is 2.33. The SMILES string of the molecule is O=C(c1cccnc1)N(Cc1ccccn1)C1CC1. The zero-order valence-electron chi connectivity index (χ0n) is 10.6. The molecule has 1 saturated carbocycles. The number of pyridine rings is 2. The molecular formula is C15H15N3O. The largest absolute Gasteiger partial charge is 0.330 e. The minimum atomic E-state index is 0.0428. The minimum Gasteiger partial charge on any atom is -0.330 e. The molecule has 0 unspecified atom stereocenters. The van der Waals surface area contributed by atoms with E-state index in [0.717, 1.165) is 18.5 Å². The number of amides is 1. The van der Waals surface area contributed by atoms with Gasteiger partial charge in [0.15, 0.2) is 0 Å². The molecule has 4 heteroatoms. The molecule has 0 atom stereocenters. The van der Waals surface area contributed by atoms with Gasteiger partial charge >= 0.3 is 0 Å². The summed E-state index contributed by atoms with van der Waals surface area (Å²) >= 11 is 0. The fourth-order valence-corrected chi connectivity index (χ4v) is 2.07. The maximum atomic E-state index is 12.5. The van der Waals surface area contributed by atoms with Gasteiger partial charge in [-0.1, -0.05) is 6.07 Å². The van der Waals surface area contributed by atoms with Gasteiger partial charge in [0.1, 0.15) is 0 Å². The molecule has 0 spiro atoms. The van der Waals surface area contributed by atoms with Crippen LogP contribution in [0.4, 0.5) is 0 Å². The highest BCUT2D eigenvalue weighted by molar-refractivity contribution is 5.94. The van der Waals surface area contributed by atoms with Crippen molar-refractivity contribution in [2.24, 2.45) is 0 Å². The van der Waals surface area contributed by atoms with Crippen LogP contribution < -0.4 is 0 Å². The molecule has 2 heterocycles. The van der Waals surface area contributed by atoms with Gasteiger partial charge in [0, 0.05) is 24.6 Å². The summed E-state index contributed by atoms with van der Waals surface area (Å²) in [6.07, 6.45) is 7.22. The van der Waals surface area contributed by atoms with Crippen molar-refractivity contribution in [3.8, 4) is 0 Å². The van der Waals surface area contributed by atoms with Crippen molar-refractivity contribution in [2.45, 2.75) is 25.4 Å². The van der Waals surface area contributed by atoms with E-state index in [9.17, 15) is 4.79 Å². The fourth-order valence-electron chi connectivity index (χ4n) is 2.07. The summed E-state index contributed by atoms with van der Waals surface area (Å²) in [6, 6.07) is 9.74. The number of carbonyl (C=O) groups is 1. The van der Waals surface area contributed by atoms with Crippen molar-refractivity contribution in [3.05, 3.63) is 60.2 Å². The predicted octanol–water partition coefficient (Wildman–Crippen LogP) is 2.28. The maximum Gasteiger partial charge on any atom is 0.256 e. The molecule has 0 aliphatic heterocycles. The van der Waals surface area contributed by atoms with Gasteiger partial charge < -0.3 is 4.90 Å². The lowest BCUT2D eigenvalue weighted by molar-refractivity contribution is 0.0727. The second kappa shape index (κ2) is 5.18. The third kappa shape index (κ3) is 2.78. The highest BCUT2D eigenvalue weighted by Crippen LogP contribution is 2.29. The molecule has 0 saturated heterocycles. The zero-order chi connectivity index (χ0) is 13.1. The first-order chi connectivity index (χ1) is 9.34. The zero-order valence-corrected chi connectivity index (χ0v) is 10.6. The molecule has 96 valence electrons. The van der Waals surface area contributed by atoms with E-state index in [1.165, 1.54) is 0 Å². The minimum absolute atomic E-state index is 0.0428. The van der Waals surface area contributed by atoms with Crippen LogP contribution in [-0.4, -0.2) is 26.8 Å². The highest BCUT2D eigenvalue weighted by atomic mass is 16.2. The van der Waals surface area contributed by atoms with E-state index >= 15 is 0 Å². The standard InChI is InChI=1S/C15H15N3O/c19-15(12-4-3-8-16-10-12)18(14-6-7-14)11-13-5-1-2-9-17-13/h1-5,8-10,14H,6-7,11H2. The van der Waals surface area contributed by atoms with E-state index in [-0.39, 0.29) is 5.91 Å². The van der Waals surface area contributed by atoms with Gasteiger partial charge in [-0.05, 0) is 37.1 Å². The molecular weight excluding hydrogens is 238 g/mol. The van der Waals surface area contributed by atoms with E-state index in [4.69, 9.17) is 0 Å². The van der Waals surface area contributed by atoms with E-state index in [1.54, 1.807) is 24.7 Å². The van der Waals surface area contributed by atoms with Crippen molar-refractivity contribution in [1.29, 1.82) is 0 Å². The Labute approximate surface area is 112 Å². The van der Waals surface area contributed by atoms with Crippen LogP contribution in [0.25, 0.3) is 0 Å². The average Bonchev–Trinajstić information content (AvgIpc) is 3.31. The van der Waals surface area contributed by atoms with Gasteiger partial charge in [0.25, 0.3) is 5.91 Å². The second-order valence-electron chi connectivity index (χ2n) is 4.73. The van der Waals surface area contributed by atoms with Crippen molar-refractivity contribution in [1.82, 2.24) is 14.9 Å². The summed E-state index contributed by atoms with van der Waals surface area (Å²) in [5.41, 5.74) is 1.57. The topological polar surface area (TPSA) is 46.1 Å². The Morgan fingerprint density at radius 2 is 2.11 bits per heavy atom. The Morgan fingerprint density at radius 3 is 2.74 bits per heavy atom. The van der Waals surface area contributed by atoms with Gasteiger partial charge in [-0.3, -0.25) is 14.8 Å². The number of aromatic nitrogens is 2. The van der Waals surface area contributed by atoms with E-state index < -0.39 is 0 Å². The maximum absolute atomic E-state index is 12.5. The predicted molar refractivity (Wildman–Crippen MR) is 71.4 cm³/mol. The molecule has 0 bridgehead atoms. The summed E-state index contributed by atoms with van der Waals surface area (Å²) in [4.78, 5) is 22.7. The van der Waals surface area contributed by atoms with Gasteiger partial charge in [-0.2, -0.15) is 0 Å². The van der Waals surface area contributed by atoms with Crippen LogP contribution in [0.3, 0.4) is 0 Å². The van der Waals surface area contributed by atoms with Crippen molar-refractivity contribution in [3.63, 3.8) is 0 Å². The molecule has 0 radical (unpaired) electrons. The van der Waals surface area contributed by atoms with Crippen molar-refractivity contribution >= 4 is 5.91 Å². The molecule has 2 aromatic rings. The normalized spacial score (nSPS) is 14.1. The number of nitrogens with zero attached hydrogens (tertiary/aromatic N) is 3. The molecule has 1 fully saturated rings. The average molecular weight is 253 g/mol. The number of hydrogen-bond donors (Lipinski definition) is 0. The third-order valence-corrected chi connectivity index (χ3v) is 3.22. The van der Waals surface area contributed by atoms with Crippen LogP contribution in [0.5, 0.6) is 0 Å². The van der Waals surface area contributed by atoms with Crippen LogP contribution in [-0.2, 0) is 6.54 Å². The Morgan fingerprint density at radius 1 is 1.21 bits per heavy atom. The quantitative estimate of drug-likeness (QED) is 0.839. The molecule has 19 heavy (non-hydrogen) atoms. The second-order valence-corrected chi connectivity index (χ2v) is 4.73. The third-order valence-electron chi connectivity index (χ3n) is 3.22. The van der Waals surface area contributed by atoms with Crippen molar-refractivity contribution < 1.29 is 4.79 Å². The number of carbonyl (C=O) groups excluding carboxylic acids is 1. The van der Waals surface area contributed by atoms with Crippen LogP contribution in [0.15, 0.2) is 48.9 Å². The summed E-state index contributed by atoms with van der Waals surface area (Å²) in [6.45, 7) is 0.569. The first kappa shape index (κ1) is 11.8. The first-order valence-electron chi connectivity index (χ1n) is 6.45. The summed E-state index contributed by atoms with van der Waals surface area (Å²) < 4.78 is 0. The molecule has 3 rings (SSSR count). The van der Waals surface area contributed by atoms with Gasteiger partial charge in [-0.25, -0.2) is 0 Å². The summed E-state index contributed by atoms with van der Waals surface area (Å²) in [7, 11) is 0. The Kier molecular flexibility index (Phi) is 3.23. The van der Waals surface area contributed by atoms with Gasteiger partial charge in [0.2, 0.25) is 0 Å². The summed E-state index contributed by atoms with van der Waals surface area (Å²) in [5, 5.41) is 0. The van der Waals surface area contributed by atoms with Crippen LogP contribution in [0.2, 0.25) is 0 Å². The molecule has 2 aromatic heterocycles. The van der Waals surface area contributed by atoms with Crippen LogP contribution in [0, 0.1) is 0 Å². The van der Waals surface area contributed by atoms with Gasteiger partial charge in [-0.15, -0.1) is 0 Å². The van der Waals surface area contributed by atoms with E-state index in [0.29, 0.717) is 18.2 Å². The number of rotatable bonds is 4. The lowest BCUT2D eigenvalue weighted by Gasteiger charge is -2.21. The Hall–Kier alpha value is -2.23.